The molecule has 0 aliphatic rings. The van der Waals surface area contributed by atoms with Gasteiger partial charge in [0.25, 0.3) is 0 Å². The Kier molecular flexibility index (Phi) is 5.70. The average Bonchev–Trinajstić information content (AvgIpc) is 3.18. The summed E-state index contributed by atoms with van der Waals surface area (Å²) in [6.45, 7) is 2.54. The number of aryl methyl sites for hydroxylation is 1. The number of hydrogen-bond donors (Lipinski definition) is 5. The Balaban J connectivity index is 1.57. The van der Waals surface area contributed by atoms with Crippen LogP contribution < -0.4 is 21.3 Å². The van der Waals surface area contributed by atoms with Gasteiger partial charge in [0.05, 0.1) is 0 Å². The minimum Gasteiger partial charge on any atom is -0.388 e. The van der Waals surface area contributed by atoms with Crippen molar-refractivity contribution in [3.63, 3.8) is 0 Å². The van der Waals surface area contributed by atoms with E-state index in [9.17, 15) is 0 Å². The van der Waals surface area contributed by atoms with Crippen molar-refractivity contribution in [2.24, 2.45) is 0 Å². The van der Waals surface area contributed by atoms with Gasteiger partial charge in [-0.1, -0.05) is 6.07 Å². The Hall–Kier alpha value is -4.14. The number of H-pyrrole nitrogens is 1. The largest absolute Gasteiger partial charge is 0.388 e. The molecule has 5 N–H and O–H groups in total. The van der Waals surface area contributed by atoms with Gasteiger partial charge in [0.1, 0.15) is 11.6 Å². The molecule has 3 heterocycles. The van der Waals surface area contributed by atoms with E-state index in [1.54, 1.807) is 6.20 Å². The number of rotatable bonds is 8. The molecule has 0 saturated carbocycles. The van der Waals surface area contributed by atoms with Crippen LogP contribution in [-0.4, -0.2) is 32.2 Å². The van der Waals surface area contributed by atoms with E-state index in [0.717, 1.165) is 22.6 Å². The minimum absolute atomic E-state index is 0.437. The van der Waals surface area contributed by atoms with Crippen molar-refractivity contribution in [3.8, 4) is 0 Å². The number of anilines is 6. The van der Waals surface area contributed by atoms with Crippen LogP contribution in [0.15, 0.2) is 60.9 Å². The second-order valence-corrected chi connectivity index (χ2v) is 6.69. The molecule has 0 spiro atoms. The van der Waals surface area contributed by atoms with Gasteiger partial charge in [0.15, 0.2) is 5.82 Å². The van der Waals surface area contributed by atoms with Crippen LogP contribution >= 0.6 is 0 Å². The van der Waals surface area contributed by atoms with Crippen molar-refractivity contribution < 1.29 is 0 Å². The zero-order valence-corrected chi connectivity index (χ0v) is 16.8. The van der Waals surface area contributed by atoms with Crippen molar-refractivity contribution in [1.82, 2.24) is 25.1 Å². The Labute approximate surface area is 174 Å². The van der Waals surface area contributed by atoms with Gasteiger partial charge in [0.2, 0.25) is 5.95 Å². The first kappa shape index (κ1) is 19.2. The molecule has 0 fully saturated rings. The summed E-state index contributed by atoms with van der Waals surface area (Å²) in [5, 5.41) is 20.0. The molecule has 4 aromatic rings. The molecule has 30 heavy (non-hydrogen) atoms. The summed E-state index contributed by atoms with van der Waals surface area (Å²) in [6.07, 6.45) is 3.58. The summed E-state index contributed by atoms with van der Waals surface area (Å²) in [4.78, 5) is 13.3. The highest BCUT2D eigenvalue weighted by molar-refractivity contribution is 5.64. The van der Waals surface area contributed by atoms with Gasteiger partial charge in [-0.3, -0.25) is 10.1 Å². The topological polar surface area (TPSA) is 115 Å². The summed E-state index contributed by atoms with van der Waals surface area (Å²) in [6, 6.07) is 15.6. The van der Waals surface area contributed by atoms with E-state index < -0.39 is 0 Å². The summed E-state index contributed by atoms with van der Waals surface area (Å²) < 4.78 is 0. The van der Waals surface area contributed by atoms with E-state index in [-0.39, 0.29) is 0 Å². The van der Waals surface area contributed by atoms with Crippen molar-refractivity contribution in [3.05, 3.63) is 72.2 Å². The first-order chi connectivity index (χ1) is 14.7. The lowest BCUT2D eigenvalue weighted by molar-refractivity contribution is 1.04. The highest BCUT2D eigenvalue weighted by Crippen LogP contribution is 2.22. The van der Waals surface area contributed by atoms with Crippen LogP contribution in [0.1, 0.15) is 11.3 Å². The van der Waals surface area contributed by atoms with Gasteiger partial charge in [-0.2, -0.15) is 15.1 Å². The van der Waals surface area contributed by atoms with Gasteiger partial charge in [0, 0.05) is 55.2 Å². The van der Waals surface area contributed by atoms with Crippen LogP contribution in [0.5, 0.6) is 0 Å². The summed E-state index contributed by atoms with van der Waals surface area (Å²) in [5.41, 5.74) is 3.97. The van der Waals surface area contributed by atoms with E-state index >= 15 is 0 Å². The zero-order valence-electron chi connectivity index (χ0n) is 16.8. The highest BCUT2D eigenvalue weighted by Gasteiger charge is 2.08. The smallest absolute Gasteiger partial charge is 0.232 e. The fourth-order valence-electron chi connectivity index (χ4n) is 2.82. The van der Waals surface area contributed by atoms with Crippen molar-refractivity contribution >= 4 is 34.8 Å². The van der Waals surface area contributed by atoms with Crippen molar-refractivity contribution in [2.45, 2.75) is 13.5 Å². The second kappa shape index (κ2) is 8.91. The van der Waals surface area contributed by atoms with Gasteiger partial charge in [-0.15, -0.1) is 0 Å². The molecule has 0 amide bonds. The van der Waals surface area contributed by atoms with Crippen LogP contribution in [0.4, 0.5) is 34.8 Å². The molecule has 3 aromatic heterocycles. The van der Waals surface area contributed by atoms with Gasteiger partial charge in [-0.25, -0.2) is 0 Å². The molecule has 9 nitrogen and oxygen atoms in total. The van der Waals surface area contributed by atoms with E-state index in [0.29, 0.717) is 29.9 Å². The molecular formula is C21H23N9. The van der Waals surface area contributed by atoms with E-state index in [4.69, 9.17) is 0 Å². The van der Waals surface area contributed by atoms with Gasteiger partial charge < -0.3 is 21.3 Å². The molecule has 0 atom stereocenters. The first-order valence-corrected chi connectivity index (χ1v) is 9.54. The Morgan fingerprint density at radius 3 is 2.40 bits per heavy atom. The number of hydrogen-bond acceptors (Lipinski definition) is 8. The van der Waals surface area contributed by atoms with Crippen LogP contribution in [0.2, 0.25) is 0 Å². The van der Waals surface area contributed by atoms with Gasteiger partial charge >= 0.3 is 0 Å². The standard InChI is InChI=1S/C21H23N9/c1-14-10-20(30-29-14)28-21-26-18(24-13-15-4-3-9-23-12-15)11-19(27-21)25-17-7-5-16(22-2)6-8-17/h3-12,22H,13H2,1-2H3,(H4,24,25,26,27,28,29,30). The zero-order chi connectivity index (χ0) is 20.8. The Morgan fingerprint density at radius 2 is 1.70 bits per heavy atom. The number of benzene rings is 1. The third-order valence-electron chi connectivity index (χ3n) is 4.31. The van der Waals surface area contributed by atoms with Crippen LogP contribution in [-0.2, 0) is 6.54 Å². The molecular weight excluding hydrogens is 378 g/mol. The van der Waals surface area contributed by atoms with Gasteiger partial charge in [-0.05, 0) is 42.8 Å². The fraction of sp³-hybridized carbons (Fsp3) is 0.143. The maximum Gasteiger partial charge on any atom is 0.232 e. The minimum atomic E-state index is 0.437. The van der Waals surface area contributed by atoms with E-state index in [1.165, 1.54) is 0 Å². The normalized spacial score (nSPS) is 10.5. The molecule has 152 valence electrons. The predicted molar refractivity (Wildman–Crippen MR) is 119 cm³/mol. The molecule has 9 heteroatoms. The first-order valence-electron chi connectivity index (χ1n) is 9.54. The Morgan fingerprint density at radius 1 is 0.900 bits per heavy atom. The number of aromatic nitrogens is 5. The molecule has 0 saturated heterocycles. The maximum absolute atomic E-state index is 4.58. The quantitative estimate of drug-likeness (QED) is 0.300. The lowest BCUT2D eigenvalue weighted by Gasteiger charge is -2.12. The summed E-state index contributed by atoms with van der Waals surface area (Å²) in [5.74, 6) is 2.43. The lowest BCUT2D eigenvalue weighted by Crippen LogP contribution is -2.07. The maximum atomic E-state index is 4.58. The van der Waals surface area contributed by atoms with Crippen LogP contribution in [0.25, 0.3) is 0 Å². The Bertz CT molecular complexity index is 1090. The average molecular weight is 401 g/mol. The third-order valence-corrected chi connectivity index (χ3v) is 4.31. The lowest BCUT2D eigenvalue weighted by atomic mass is 10.3. The highest BCUT2D eigenvalue weighted by atomic mass is 15.2. The molecule has 0 aliphatic carbocycles. The number of nitrogens with zero attached hydrogens (tertiary/aromatic N) is 4. The van der Waals surface area contributed by atoms with Crippen molar-refractivity contribution in [1.29, 1.82) is 0 Å². The van der Waals surface area contributed by atoms with Crippen molar-refractivity contribution in [2.75, 3.05) is 28.3 Å². The van der Waals surface area contributed by atoms with E-state index in [2.05, 4.69) is 46.4 Å². The van der Waals surface area contributed by atoms with Crippen LogP contribution in [0.3, 0.4) is 0 Å². The molecule has 0 aliphatic heterocycles. The predicted octanol–water partition coefficient (Wildman–Crippen LogP) is 4.04. The third kappa shape index (κ3) is 5.02. The monoisotopic (exact) mass is 401 g/mol. The molecule has 0 bridgehead atoms. The number of aromatic amines is 1. The molecule has 1 aromatic carbocycles. The number of pyridine rings is 1. The molecule has 4 rings (SSSR count). The number of nitrogens with one attached hydrogen (secondary N) is 5. The second-order valence-electron chi connectivity index (χ2n) is 6.69. The summed E-state index contributed by atoms with van der Waals surface area (Å²) in [7, 11) is 1.89. The van der Waals surface area contributed by atoms with E-state index in [1.807, 2.05) is 68.7 Å². The van der Waals surface area contributed by atoms with Crippen LogP contribution in [0, 0.1) is 6.92 Å². The SMILES string of the molecule is CNc1ccc(Nc2cc(NCc3cccnc3)nc(Nc3cc(C)[nH]n3)n2)cc1. The molecule has 0 unspecified atom stereocenters. The summed E-state index contributed by atoms with van der Waals surface area (Å²) >= 11 is 0. The fourth-order valence-corrected chi connectivity index (χ4v) is 2.82. The molecule has 0 radical (unpaired) electrons.